The fraction of sp³-hybridized carbons (Fsp3) is 0.200. The van der Waals surface area contributed by atoms with Crippen molar-refractivity contribution >= 4 is 33.2 Å². The van der Waals surface area contributed by atoms with Gasteiger partial charge in [0.2, 0.25) is 0 Å². The number of rotatable bonds is 4. The monoisotopic (exact) mass is 375 g/mol. The maximum absolute atomic E-state index is 13.3. The van der Waals surface area contributed by atoms with Crippen molar-refractivity contribution in [2.24, 2.45) is 0 Å². The van der Waals surface area contributed by atoms with Gasteiger partial charge in [0.1, 0.15) is 0 Å². The van der Waals surface area contributed by atoms with Gasteiger partial charge in [-0.15, -0.1) is 0 Å². The third kappa shape index (κ3) is 3.66. The molecule has 2 rings (SSSR count). The molecule has 0 radical (unpaired) electrons. The Kier molecular flexibility index (Phi) is 5.06. The molecule has 0 aliphatic heterocycles. The summed E-state index contributed by atoms with van der Waals surface area (Å²) in [7, 11) is 1.54. The predicted octanol–water partition coefficient (Wildman–Crippen LogP) is 5.56. The molecule has 2 aromatic rings. The van der Waals surface area contributed by atoms with Crippen LogP contribution in [-0.4, -0.2) is 7.11 Å². The molecule has 0 amide bonds. The fourth-order valence-corrected chi connectivity index (χ4v) is 2.95. The quantitative estimate of drug-likeness (QED) is 0.754. The van der Waals surface area contributed by atoms with Crippen molar-refractivity contribution in [2.45, 2.75) is 13.0 Å². The van der Waals surface area contributed by atoms with Gasteiger partial charge in [-0.25, -0.2) is 8.78 Å². The molecule has 0 saturated heterocycles. The number of halogens is 4. The molecule has 0 aromatic heterocycles. The molecule has 0 saturated carbocycles. The normalized spacial score (nSPS) is 12.1. The van der Waals surface area contributed by atoms with Gasteiger partial charge in [-0.3, -0.25) is 0 Å². The van der Waals surface area contributed by atoms with E-state index >= 15 is 0 Å². The molecule has 6 heteroatoms. The average Bonchev–Trinajstić information content (AvgIpc) is 2.41. The fourth-order valence-electron chi connectivity index (χ4n) is 1.97. The first kappa shape index (κ1) is 16.0. The Morgan fingerprint density at radius 1 is 1.19 bits per heavy atom. The highest BCUT2D eigenvalue weighted by molar-refractivity contribution is 9.10. The average molecular weight is 377 g/mol. The van der Waals surface area contributed by atoms with Gasteiger partial charge in [-0.1, -0.05) is 17.7 Å². The number of hydrogen-bond acceptors (Lipinski definition) is 2. The van der Waals surface area contributed by atoms with Gasteiger partial charge in [0, 0.05) is 11.1 Å². The predicted molar refractivity (Wildman–Crippen MR) is 84.1 cm³/mol. The van der Waals surface area contributed by atoms with Crippen LogP contribution >= 0.6 is 27.5 Å². The summed E-state index contributed by atoms with van der Waals surface area (Å²) in [4.78, 5) is 0. The Morgan fingerprint density at radius 3 is 2.52 bits per heavy atom. The molecule has 0 bridgehead atoms. The molecule has 0 aliphatic rings. The van der Waals surface area contributed by atoms with Crippen LogP contribution in [-0.2, 0) is 0 Å². The Morgan fingerprint density at radius 2 is 1.90 bits per heavy atom. The van der Waals surface area contributed by atoms with Gasteiger partial charge in [-0.2, -0.15) is 0 Å². The van der Waals surface area contributed by atoms with E-state index in [0.717, 1.165) is 6.07 Å². The van der Waals surface area contributed by atoms with Crippen LogP contribution in [0.3, 0.4) is 0 Å². The van der Waals surface area contributed by atoms with Gasteiger partial charge in [0.05, 0.1) is 17.3 Å². The summed E-state index contributed by atoms with van der Waals surface area (Å²) in [6.07, 6.45) is 0. The first-order chi connectivity index (χ1) is 9.92. The summed E-state index contributed by atoms with van der Waals surface area (Å²) >= 11 is 9.39. The van der Waals surface area contributed by atoms with Crippen molar-refractivity contribution in [3.8, 4) is 5.75 Å². The van der Waals surface area contributed by atoms with Crippen molar-refractivity contribution in [1.29, 1.82) is 0 Å². The highest BCUT2D eigenvalue weighted by Crippen LogP contribution is 2.38. The number of methoxy groups -OCH3 is 1. The van der Waals surface area contributed by atoms with E-state index < -0.39 is 11.6 Å². The third-order valence-corrected chi connectivity index (χ3v) is 3.84. The van der Waals surface area contributed by atoms with E-state index in [1.165, 1.54) is 12.1 Å². The van der Waals surface area contributed by atoms with Crippen LogP contribution in [0.1, 0.15) is 18.5 Å². The summed E-state index contributed by atoms with van der Waals surface area (Å²) < 4.78 is 32.3. The number of benzene rings is 2. The highest BCUT2D eigenvalue weighted by Gasteiger charge is 2.14. The van der Waals surface area contributed by atoms with E-state index in [9.17, 15) is 8.78 Å². The minimum Gasteiger partial charge on any atom is -0.493 e. The molecule has 2 nitrogen and oxygen atoms in total. The largest absolute Gasteiger partial charge is 0.493 e. The van der Waals surface area contributed by atoms with E-state index in [2.05, 4.69) is 21.2 Å². The van der Waals surface area contributed by atoms with Crippen LogP contribution in [0, 0.1) is 11.6 Å². The van der Waals surface area contributed by atoms with E-state index in [1.807, 2.05) is 6.92 Å². The Balaban J connectivity index is 2.30. The van der Waals surface area contributed by atoms with Crippen LogP contribution in [0.4, 0.5) is 14.5 Å². The molecule has 1 N–H and O–H groups in total. The van der Waals surface area contributed by atoms with E-state index in [0.29, 0.717) is 26.5 Å². The second-order valence-electron chi connectivity index (χ2n) is 4.51. The first-order valence-corrected chi connectivity index (χ1v) is 7.34. The molecule has 0 fully saturated rings. The van der Waals surface area contributed by atoms with Gasteiger partial charge in [0.25, 0.3) is 0 Å². The second kappa shape index (κ2) is 6.62. The molecule has 1 unspecified atom stereocenters. The molecule has 0 spiro atoms. The van der Waals surface area contributed by atoms with Crippen molar-refractivity contribution in [1.82, 2.24) is 0 Å². The summed E-state index contributed by atoms with van der Waals surface area (Å²) in [6, 6.07) is 6.98. The maximum atomic E-state index is 13.3. The zero-order chi connectivity index (χ0) is 15.6. The Hall–Kier alpha value is -1.33. The number of ether oxygens (including phenoxy) is 1. The van der Waals surface area contributed by atoms with Gasteiger partial charge < -0.3 is 10.1 Å². The maximum Gasteiger partial charge on any atom is 0.159 e. The minimum atomic E-state index is -0.875. The van der Waals surface area contributed by atoms with Crippen molar-refractivity contribution in [2.75, 3.05) is 12.4 Å². The first-order valence-electron chi connectivity index (χ1n) is 6.17. The standard InChI is InChI=1S/C15H13BrClF2NO/c1-8(9-3-4-12(18)13(19)5-9)20-14-7-10(17)6-11(16)15(14)21-2/h3-8,20H,1-2H3. The van der Waals surface area contributed by atoms with Crippen molar-refractivity contribution in [3.63, 3.8) is 0 Å². The lowest BCUT2D eigenvalue weighted by Crippen LogP contribution is -2.08. The van der Waals surface area contributed by atoms with Crippen LogP contribution in [0.15, 0.2) is 34.8 Å². The highest BCUT2D eigenvalue weighted by atomic mass is 79.9. The number of nitrogens with one attached hydrogen (secondary N) is 1. The molecule has 2 aromatic carbocycles. The smallest absolute Gasteiger partial charge is 0.159 e. The Labute approximate surface area is 135 Å². The zero-order valence-corrected chi connectivity index (χ0v) is 13.7. The molecule has 112 valence electrons. The lowest BCUT2D eigenvalue weighted by molar-refractivity contribution is 0.413. The third-order valence-electron chi connectivity index (χ3n) is 3.03. The SMILES string of the molecule is COc1c(Br)cc(Cl)cc1NC(C)c1ccc(F)c(F)c1. The van der Waals surface area contributed by atoms with E-state index in [1.54, 1.807) is 19.2 Å². The van der Waals surface area contributed by atoms with Crippen LogP contribution in [0.2, 0.25) is 5.02 Å². The summed E-state index contributed by atoms with van der Waals surface area (Å²) in [6.45, 7) is 1.83. The lowest BCUT2D eigenvalue weighted by Gasteiger charge is -2.19. The van der Waals surface area contributed by atoms with Gasteiger partial charge in [0.15, 0.2) is 17.4 Å². The van der Waals surface area contributed by atoms with Gasteiger partial charge >= 0.3 is 0 Å². The Bertz CT molecular complexity index is 666. The van der Waals surface area contributed by atoms with Gasteiger partial charge in [-0.05, 0) is 52.7 Å². The lowest BCUT2D eigenvalue weighted by atomic mass is 10.1. The molecular weight excluding hydrogens is 364 g/mol. The molecule has 1 atom stereocenters. The minimum absolute atomic E-state index is 0.251. The van der Waals surface area contributed by atoms with E-state index in [-0.39, 0.29) is 6.04 Å². The van der Waals surface area contributed by atoms with Crippen molar-refractivity contribution in [3.05, 3.63) is 57.0 Å². The van der Waals surface area contributed by atoms with Crippen molar-refractivity contribution < 1.29 is 13.5 Å². The summed E-state index contributed by atoms with van der Waals surface area (Å²) in [5.74, 6) is -1.15. The summed E-state index contributed by atoms with van der Waals surface area (Å²) in [5.41, 5.74) is 1.28. The molecule has 21 heavy (non-hydrogen) atoms. The topological polar surface area (TPSA) is 21.3 Å². The van der Waals surface area contributed by atoms with E-state index in [4.69, 9.17) is 16.3 Å². The summed E-state index contributed by atoms with van der Waals surface area (Å²) in [5, 5.41) is 3.71. The zero-order valence-electron chi connectivity index (χ0n) is 11.4. The van der Waals surface area contributed by atoms with Crippen LogP contribution in [0.5, 0.6) is 5.75 Å². The number of hydrogen-bond donors (Lipinski definition) is 1. The van der Waals surface area contributed by atoms with Crippen LogP contribution in [0.25, 0.3) is 0 Å². The second-order valence-corrected chi connectivity index (χ2v) is 5.80. The molecule has 0 heterocycles. The molecular formula is C15H13BrClF2NO. The molecule has 0 aliphatic carbocycles. The van der Waals surface area contributed by atoms with Crippen LogP contribution < -0.4 is 10.1 Å². The number of anilines is 1.